The smallest absolute Gasteiger partial charge is 0.251 e. The molecule has 100 valence electrons. The van der Waals surface area contributed by atoms with Gasteiger partial charge in [-0.05, 0) is 36.6 Å². The first kappa shape index (κ1) is 13.6. The van der Waals surface area contributed by atoms with E-state index in [-0.39, 0.29) is 5.91 Å². The third-order valence-corrected chi connectivity index (χ3v) is 3.54. The lowest BCUT2D eigenvalue weighted by molar-refractivity contribution is 0.0949. The van der Waals surface area contributed by atoms with Gasteiger partial charge in [0.25, 0.3) is 5.91 Å². The topological polar surface area (TPSA) is 55.1 Å². The van der Waals surface area contributed by atoms with Crippen molar-refractivity contribution in [2.24, 2.45) is 11.7 Å². The predicted molar refractivity (Wildman–Crippen MR) is 76.7 cm³/mol. The molecule has 0 unspecified atom stereocenters. The first-order valence-electron chi connectivity index (χ1n) is 6.87. The molecule has 19 heavy (non-hydrogen) atoms. The van der Waals surface area contributed by atoms with Gasteiger partial charge >= 0.3 is 0 Å². The second-order valence-corrected chi connectivity index (χ2v) is 4.92. The number of hydrogen-bond acceptors (Lipinski definition) is 2. The Morgan fingerprint density at radius 1 is 1.32 bits per heavy atom. The molecule has 1 aromatic rings. The average molecular weight is 256 g/mol. The number of rotatable bonds is 4. The number of hydrogen-bond donors (Lipinski definition) is 2. The van der Waals surface area contributed by atoms with E-state index < -0.39 is 0 Å². The third kappa shape index (κ3) is 4.11. The van der Waals surface area contributed by atoms with E-state index in [1.165, 1.54) is 19.3 Å². The van der Waals surface area contributed by atoms with Crippen molar-refractivity contribution < 1.29 is 4.79 Å². The van der Waals surface area contributed by atoms with Crippen LogP contribution in [0.15, 0.2) is 24.3 Å². The number of benzene rings is 1. The van der Waals surface area contributed by atoms with Crippen molar-refractivity contribution in [3.05, 3.63) is 35.4 Å². The second kappa shape index (κ2) is 6.96. The second-order valence-electron chi connectivity index (χ2n) is 4.92. The fourth-order valence-electron chi connectivity index (χ4n) is 2.13. The van der Waals surface area contributed by atoms with Crippen LogP contribution in [-0.4, -0.2) is 19.0 Å². The van der Waals surface area contributed by atoms with Gasteiger partial charge in [0.15, 0.2) is 0 Å². The van der Waals surface area contributed by atoms with Crippen molar-refractivity contribution >= 4 is 5.91 Å². The van der Waals surface area contributed by atoms with Crippen LogP contribution in [0.5, 0.6) is 0 Å². The third-order valence-electron chi connectivity index (χ3n) is 3.54. The molecule has 0 heterocycles. The van der Waals surface area contributed by atoms with Crippen LogP contribution in [0.3, 0.4) is 0 Å². The average Bonchev–Trinajstić information content (AvgIpc) is 2.39. The standard InChI is InChI=1S/C16H20N2O/c17-11-2-5-14-6-8-15(9-7-14)16(19)18-12-10-13-3-1-4-13/h6-9,13H,1,3-4,10-12,17H2,(H,18,19). The van der Waals surface area contributed by atoms with Crippen LogP contribution < -0.4 is 11.1 Å². The highest BCUT2D eigenvalue weighted by Gasteiger charge is 2.16. The van der Waals surface area contributed by atoms with Crippen LogP contribution >= 0.6 is 0 Å². The van der Waals surface area contributed by atoms with E-state index in [0.717, 1.165) is 24.4 Å². The van der Waals surface area contributed by atoms with Crippen LogP contribution in [0.25, 0.3) is 0 Å². The molecule has 0 spiro atoms. The molecule has 1 saturated carbocycles. The van der Waals surface area contributed by atoms with Crippen molar-refractivity contribution in [3.63, 3.8) is 0 Å². The van der Waals surface area contributed by atoms with Gasteiger partial charge in [0.05, 0.1) is 6.54 Å². The SMILES string of the molecule is NCC#Cc1ccc(C(=O)NCCC2CCC2)cc1. The molecule has 0 saturated heterocycles. The van der Waals surface area contributed by atoms with E-state index in [1.54, 1.807) is 12.1 Å². The molecule has 0 atom stereocenters. The van der Waals surface area contributed by atoms with Crippen molar-refractivity contribution in [2.75, 3.05) is 13.1 Å². The van der Waals surface area contributed by atoms with Crippen LogP contribution in [0, 0.1) is 17.8 Å². The maximum Gasteiger partial charge on any atom is 0.251 e. The Hall–Kier alpha value is -1.79. The summed E-state index contributed by atoms with van der Waals surface area (Å²) >= 11 is 0. The molecular formula is C16H20N2O. The first-order valence-corrected chi connectivity index (χ1v) is 6.87. The molecule has 1 fully saturated rings. The molecule has 3 N–H and O–H groups in total. The van der Waals surface area contributed by atoms with E-state index in [2.05, 4.69) is 17.2 Å². The Morgan fingerprint density at radius 3 is 2.63 bits per heavy atom. The lowest BCUT2D eigenvalue weighted by Crippen LogP contribution is -2.27. The van der Waals surface area contributed by atoms with E-state index in [9.17, 15) is 4.79 Å². The zero-order valence-corrected chi connectivity index (χ0v) is 11.1. The number of nitrogens with two attached hydrogens (primary N) is 1. The zero-order valence-electron chi connectivity index (χ0n) is 11.1. The van der Waals surface area contributed by atoms with Gasteiger partial charge < -0.3 is 11.1 Å². The van der Waals surface area contributed by atoms with Crippen LogP contribution in [0.2, 0.25) is 0 Å². The monoisotopic (exact) mass is 256 g/mol. The highest BCUT2D eigenvalue weighted by Crippen LogP contribution is 2.28. The Morgan fingerprint density at radius 2 is 2.05 bits per heavy atom. The number of amides is 1. The highest BCUT2D eigenvalue weighted by molar-refractivity contribution is 5.94. The molecule has 0 bridgehead atoms. The Labute approximate surface area is 114 Å². The minimum atomic E-state index is -0.00217. The Kier molecular flexibility index (Phi) is 5.00. The maximum absolute atomic E-state index is 11.9. The van der Waals surface area contributed by atoms with Crippen LogP contribution in [0.4, 0.5) is 0 Å². The van der Waals surface area contributed by atoms with Gasteiger partial charge in [0, 0.05) is 17.7 Å². The van der Waals surface area contributed by atoms with Gasteiger partial charge in [0.1, 0.15) is 0 Å². The van der Waals surface area contributed by atoms with E-state index >= 15 is 0 Å². The number of nitrogens with one attached hydrogen (secondary N) is 1. The summed E-state index contributed by atoms with van der Waals surface area (Å²) in [5, 5.41) is 2.97. The quantitative estimate of drug-likeness (QED) is 0.809. The highest BCUT2D eigenvalue weighted by atomic mass is 16.1. The zero-order chi connectivity index (χ0) is 13.5. The lowest BCUT2D eigenvalue weighted by Gasteiger charge is -2.25. The summed E-state index contributed by atoms with van der Waals surface area (Å²) in [6.07, 6.45) is 5.10. The summed E-state index contributed by atoms with van der Waals surface area (Å²) in [5.41, 5.74) is 6.88. The fraction of sp³-hybridized carbons (Fsp3) is 0.438. The van der Waals surface area contributed by atoms with Crippen molar-refractivity contribution in [2.45, 2.75) is 25.7 Å². The van der Waals surface area contributed by atoms with Gasteiger partial charge in [-0.2, -0.15) is 0 Å². The van der Waals surface area contributed by atoms with Gasteiger partial charge in [-0.25, -0.2) is 0 Å². The summed E-state index contributed by atoms with van der Waals surface area (Å²) < 4.78 is 0. The summed E-state index contributed by atoms with van der Waals surface area (Å²) in [7, 11) is 0. The Balaban J connectivity index is 1.81. The fourth-order valence-corrected chi connectivity index (χ4v) is 2.13. The minimum absolute atomic E-state index is 0.00217. The summed E-state index contributed by atoms with van der Waals surface area (Å²) in [5.74, 6) is 6.55. The minimum Gasteiger partial charge on any atom is -0.352 e. The van der Waals surface area contributed by atoms with Crippen molar-refractivity contribution in [1.29, 1.82) is 0 Å². The van der Waals surface area contributed by atoms with Gasteiger partial charge in [-0.15, -0.1) is 0 Å². The first-order chi connectivity index (χ1) is 9.29. The molecule has 1 aliphatic carbocycles. The summed E-state index contributed by atoms with van der Waals surface area (Å²) in [6.45, 7) is 1.13. The molecule has 1 aromatic carbocycles. The lowest BCUT2D eigenvalue weighted by atomic mass is 9.83. The van der Waals surface area contributed by atoms with Crippen LogP contribution in [0.1, 0.15) is 41.6 Å². The molecule has 3 nitrogen and oxygen atoms in total. The largest absolute Gasteiger partial charge is 0.352 e. The number of carbonyl (C=O) groups excluding carboxylic acids is 1. The van der Waals surface area contributed by atoms with Crippen LogP contribution in [-0.2, 0) is 0 Å². The van der Waals surface area contributed by atoms with Gasteiger partial charge in [0.2, 0.25) is 0 Å². The molecule has 2 rings (SSSR count). The van der Waals surface area contributed by atoms with Crippen molar-refractivity contribution in [1.82, 2.24) is 5.32 Å². The normalized spacial score (nSPS) is 14.2. The Bertz CT molecular complexity index is 478. The molecule has 0 aromatic heterocycles. The molecule has 0 aliphatic heterocycles. The van der Waals surface area contributed by atoms with E-state index in [0.29, 0.717) is 12.1 Å². The molecule has 1 aliphatic rings. The molecule has 0 radical (unpaired) electrons. The predicted octanol–water partition coefficient (Wildman–Crippen LogP) is 1.92. The van der Waals surface area contributed by atoms with Crippen molar-refractivity contribution in [3.8, 4) is 11.8 Å². The van der Waals surface area contributed by atoms with Gasteiger partial charge in [-0.1, -0.05) is 31.1 Å². The summed E-state index contributed by atoms with van der Waals surface area (Å²) in [4.78, 5) is 11.9. The molecule has 1 amide bonds. The van der Waals surface area contributed by atoms with Gasteiger partial charge in [-0.3, -0.25) is 4.79 Å². The maximum atomic E-state index is 11.9. The van der Waals surface area contributed by atoms with E-state index in [1.807, 2.05) is 12.1 Å². The summed E-state index contributed by atoms with van der Waals surface area (Å²) in [6, 6.07) is 7.31. The molecular weight excluding hydrogens is 236 g/mol. The van der Waals surface area contributed by atoms with E-state index in [4.69, 9.17) is 5.73 Å². The number of carbonyl (C=O) groups is 1. The molecule has 3 heteroatoms.